The molecule has 1 N–H and O–H groups in total. The highest BCUT2D eigenvalue weighted by Crippen LogP contribution is 2.69. The summed E-state index contributed by atoms with van der Waals surface area (Å²) in [6.45, 7) is 5.81. The Balaban J connectivity index is 1.68. The molecule has 2 aliphatic carbocycles. The Labute approximate surface area is 178 Å². The molecular weight excluding hydrogens is 398 g/mol. The SMILES string of the molecule is CC(=O)Nc1cccc([C@]23CC[C@@H](c4cc(-c5c(F)cccc5F)nnc42)C3(C)C)n1. The Morgan fingerprint density at radius 1 is 1.10 bits per heavy atom. The Morgan fingerprint density at radius 2 is 1.81 bits per heavy atom. The summed E-state index contributed by atoms with van der Waals surface area (Å²) >= 11 is 0. The summed E-state index contributed by atoms with van der Waals surface area (Å²) in [5, 5.41) is 11.5. The standard InChI is InChI=1S/C24H22F2N4O/c1-13(31)27-20-9-5-8-19(28-20)24-11-10-15(23(24,2)3)14-12-18(29-30-22(14)24)21-16(25)6-4-7-17(21)26/h4-9,12,15H,10-11H2,1-3H3,(H,27,28,31)/t15-,24+/m0/s1. The second-order valence-corrected chi connectivity index (χ2v) is 8.94. The lowest BCUT2D eigenvalue weighted by atomic mass is 9.66. The van der Waals surface area contributed by atoms with Crippen molar-refractivity contribution in [3.05, 3.63) is 71.1 Å². The molecule has 1 fully saturated rings. The number of amides is 1. The number of benzene rings is 1. The van der Waals surface area contributed by atoms with Crippen LogP contribution < -0.4 is 5.32 Å². The van der Waals surface area contributed by atoms with Gasteiger partial charge in [-0.15, -0.1) is 5.10 Å². The topological polar surface area (TPSA) is 67.8 Å². The first-order chi connectivity index (χ1) is 14.8. The predicted octanol–water partition coefficient (Wildman–Crippen LogP) is 4.98. The van der Waals surface area contributed by atoms with Crippen molar-refractivity contribution in [1.82, 2.24) is 15.2 Å². The van der Waals surface area contributed by atoms with Crippen LogP contribution in [0.1, 0.15) is 56.5 Å². The largest absolute Gasteiger partial charge is 0.311 e. The number of carbonyl (C=O) groups excluding carboxylic acids is 1. The molecule has 0 aliphatic heterocycles. The molecule has 5 rings (SSSR count). The van der Waals surface area contributed by atoms with Crippen molar-refractivity contribution in [2.45, 2.75) is 44.9 Å². The van der Waals surface area contributed by atoms with E-state index in [4.69, 9.17) is 4.98 Å². The van der Waals surface area contributed by atoms with Gasteiger partial charge in [-0.2, -0.15) is 5.10 Å². The van der Waals surface area contributed by atoms with Crippen molar-refractivity contribution < 1.29 is 13.6 Å². The van der Waals surface area contributed by atoms with Crippen molar-refractivity contribution in [2.75, 3.05) is 5.32 Å². The van der Waals surface area contributed by atoms with Gasteiger partial charge < -0.3 is 5.32 Å². The van der Waals surface area contributed by atoms with E-state index in [0.29, 0.717) is 5.82 Å². The molecule has 0 spiro atoms. The van der Waals surface area contributed by atoms with Gasteiger partial charge in [0.2, 0.25) is 5.91 Å². The molecular formula is C24H22F2N4O. The van der Waals surface area contributed by atoms with Crippen LogP contribution in [0.5, 0.6) is 0 Å². The number of aromatic nitrogens is 3. The molecule has 158 valence electrons. The van der Waals surface area contributed by atoms with E-state index < -0.39 is 17.0 Å². The molecule has 2 atom stereocenters. The average Bonchev–Trinajstić information content (AvgIpc) is 3.09. The molecule has 7 heteroatoms. The van der Waals surface area contributed by atoms with Crippen LogP contribution in [0.3, 0.4) is 0 Å². The minimum atomic E-state index is -0.656. The maximum Gasteiger partial charge on any atom is 0.222 e. The smallest absolute Gasteiger partial charge is 0.222 e. The maximum absolute atomic E-state index is 14.4. The highest BCUT2D eigenvalue weighted by molar-refractivity contribution is 5.87. The highest BCUT2D eigenvalue weighted by atomic mass is 19.1. The molecule has 2 aliphatic rings. The Hall–Kier alpha value is -3.22. The van der Waals surface area contributed by atoms with E-state index in [0.717, 1.165) is 29.8 Å². The van der Waals surface area contributed by atoms with Gasteiger partial charge in [-0.3, -0.25) is 4.79 Å². The van der Waals surface area contributed by atoms with E-state index in [1.54, 1.807) is 12.1 Å². The second-order valence-electron chi connectivity index (χ2n) is 8.94. The lowest BCUT2D eigenvalue weighted by molar-refractivity contribution is -0.114. The summed E-state index contributed by atoms with van der Waals surface area (Å²) < 4.78 is 28.7. The summed E-state index contributed by atoms with van der Waals surface area (Å²) in [6, 6.07) is 11.2. The predicted molar refractivity (Wildman–Crippen MR) is 112 cm³/mol. The summed E-state index contributed by atoms with van der Waals surface area (Å²) in [5.74, 6) is -0.844. The van der Waals surface area contributed by atoms with E-state index in [1.807, 2.05) is 12.1 Å². The van der Waals surface area contributed by atoms with E-state index in [-0.39, 0.29) is 28.5 Å². The number of hydrogen-bond donors (Lipinski definition) is 1. The van der Waals surface area contributed by atoms with Crippen LogP contribution in [-0.2, 0) is 10.2 Å². The van der Waals surface area contributed by atoms with Gasteiger partial charge >= 0.3 is 0 Å². The fraction of sp³-hybridized carbons (Fsp3) is 0.333. The first-order valence-corrected chi connectivity index (χ1v) is 10.3. The molecule has 5 nitrogen and oxygen atoms in total. The van der Waals surface area contributed by atoms with Crippen molar-refractivity contribution in [3.8, 4) is 11.3 Å². The minimum absolute atomic E-state index is 0.154. The van der Waals surface area contributed by atoms with Crippen LogP contribution in [-0.4, -0.2) is 21.1 Å². The number of fused-ring (bicyclic) bond motifs is 5. The van der Waals surface area contributed by atoms with Crippen LogP contribution in [0.15, 0.2) is 42.5 Å². The van der Waals surface area contributed by atoms with Crippen molar-refractivity contribution in [1.29, 1.82) is 0 Å². The fourth-order valence-electron chi connectivity index (χ4n) is 5.68. The number of nitrogens with one attached hydrogen (secondary N) is 1. The van der Waals surface area contributed by atoms with E-state index in [1.165, 1.54) is 25.1 Å². The van der Waals surface area contributed by atoms with Crippen molar-refractivity contribution in [2.24, 2.45) is 5.41 Å². The van der Waals surface area contributed by atoms with Gasteiger partial charge in [0, 0.05) is 6.92 Å². The Kier molecular flexibility index (Phi) is 4.22. The summed E-state index contributed by atoms with van der Waals surface area (Å²) in [4.78, 5) is 16.3. The minimum Gasteiger partial charge on any atom is -0.311 e. The van der Waals surface area contributed by atoms with Gasteiger partial charge in [0.15, 0.2) is 0 Å². The lowest BCUT2D eigenvalue weighted by Crippen LogP contribution is -2.38. The number of carbonyl (C=O) groups is 1. The third-order valence-electron chi connectivity index (χ3n) is 7.09. The number of hydrogen-bond acceptors (Lipinski definition) is 4. The first kappa shape index (κ1) is 19.7. The van der Waals surface area contributed by atoms with Crippen LogP contribution in [0.25, 0.3) is 11.3 Å². The Bertz CT molecular complexity index is 1210. The molecule has 0 unspecified atom stereocenters. The summed E-state index contributed by atoms with van der Waals surface area (Å²) in [6.07, 6.45) is 1.76. The van der Waals surface area contributed by atoms with Crippen molar-refractivity contribution in [3.63, 3.8) is 0 Å². The van der Waals surface area contributed by atoms with Gasteiger partial charge in [0.05, 0.1) is 28.1 Å². The third-order valence-corrected chi connectivity index (χ3v) is 7.09. The van der Waals surface area contributed by atoms with E-state index in [2.05, 4.69) is 29.4 Å². The molecule has 2 aromatic heterocycles. The molecule has 3 aromatic rings. The quantitative estimate of drug-likeness (QED) is 0.649. The highest BCUT2D eigenvalue weighted by Gasteiger charge is 2.65. The Morgan fingerprint density at radius 3 is 2.52 bits per heavy atom. The van der Waals surface area contributed by atoms with Gasteiger partial charge in [-0.05, 0) is 60.1 Å². The van der Waals surface area contributed by atoms with Gasteiger partial charge in [0.25, 0.3) is 0 Å². The van der Waals surface area contributed by atoms with Gasteiger partial charge in [-0.1, -0.05) is 26.0 Å². The third kappa shape index (κ3) is 2.65. The molecule has 0 saturated heterocycles. The molecule has 1 saturated carbocycles. The van der Waals surface area contributed by atoms with E-state index >= 15 is 0 Å². The van der Waals surface area contributed by atoms with Crippen LogP contribution in [0, 0.1) is 17.0 Å². The molecule has 1 aromatic carbocycles. The van der Waals surface area contributed by atoms with Crippen LogP contribution in [0.2, 0.25) is 0 Å². The first-order valence-electron chi connectivity index (χ1n) is 10.3. The zero-order valence-electron chi connectivity index (χ0n) is 17.5. The number of halogens is 2. The van der Waals surface area contributed by atoms with Crippen molar-refractivity contribution >= 4 is 11.7 Å². The lowest BCUT2D eigenvalue weighted by Gasteiger charge is -2.37. The molecule has 31 heavy (non-hydrogen) atoms. The number of rotatable bonds is 3. The molecule has 2 heterocycles. The zero-order chi connectivity index (χ0) is 22.0. The number of pyridine rings is 1. The average molecular weight is 420 g/mol. The fourth-order valence-corrected chi connectivity index (χ4v) is 5.68. The monoisotopic (exact) mass is 420 g/mol. The normalized spacial score (nSPS) is 22.9. The molecule has 2 bridgehead atoms. The van der Waals surface area contributed by atoms with Gasteiger partial charge in [-0.25, -0.2) is 13.8 Å². The molecule has 1 amide bonds. The van der Waals surface area contributed by atoms with Gasteiger partial charge in [0.1, 0.15) is 17.5 Å². The zero-order valence-corrected chi connectivity index (χ0v) is 17.5. The van der Waals surface area contributed by atoms with E-state index in [9.17, 15) is 13.6 Å². The summed E-state index contributed by atoms with van der Waals surface area (Å²) in [5.41, 5.74) is 1.94. The molecule has 0 radical (unpaired) electrons. The number of anilines is 1. The maximum atomic E-state index is 14.4. The summed E-state index contributed by atoms with van der Waals surface area (Å²) in [7, 11) is 0. The van der Waals surface area contributed by atoms with Crippen LogP contribution >= 0.6 is 0 Å². The second kappa shape index (κ2) is 6.64. The van der Waals surface area contributed by atoms with Crippen LogP contribution in [0.4, 0.5) is 14.6 Å². The number of nitrogens with zero attached hydrogens (tertiary/aromatic N) is 3.